The molecule has 1 saturated heterocycles. The molecule has 2 N–H and O–H groups in total. The molecule has 4 heterocycles. The number of nitrogens with two attached hydrogens (primary N) is 1. The number of nitrogen functional groups attached to an aromatic ring is 1. The van der Waals surface area contributed by atoms with E-state index in [1.165, 1.54) is 0 Å². The number of morpholine rings is 1. The van der Waals surface area contributed by atoms with Gasteiger partial charge < -0.3 is 15.4 Å². The highest BCUT2D eigenvalue weighted by Crippen LogP contribution is 2.26. The third-order valence-electron chi connectivity index (χ3n) is 3.95. The second kappa shape index (κ2) is 6.78. The maximum absolute atomic E-state index is 5.59. The van der Waals surface area contributed by atoms with Crippen molar-refractivity contribution >= 4 is 11.9 Å². The molecule has 126 valence electrons. The molecule has 1 fully saturated rings. The Morgan fingerprint density at radius 3 is 2.24 bits per heavy atom. The molecule has 0 amide bonds. The van der Waals surface area contributed by atoms with Crippen LogP contribution < -0.4 is 10.6 Å². The molecule has 0 aliphatic carbocycles. The first-order chi connectivity index (χ1) is 12.3. The summed E-state index contributed by atoms with van der Waals surface area (Å²) in [6.07, 6.45) is 6.84. The Labute approximate surface area is 144 Å². The average Bonchev–Trinajstić information content (AvgIpc) is 2.69. The topological polar surface area (TPSA) is 103 Å². The minimum atomic E-state index is 0.237. The number of anilines is 2. The lowest BCUT2D eigenvalue weighted by molar-refractivity contribution is 0.122. The lowest BCUT2D eigenvalue weighted by atomic mass is 10.1. The van der Waals surface area contributed by atoms with Crippen molar-refractivity contribution in [2.45, 2.75) is 0 Å². The SMILES string of the molecule is Nc1ncc(-c2cc(-c3ccncc3)nc(N3CCOCC3)n2)cn1. The Hall–Kier alpha value is -3.13. The zero-order valence-electron chi connectivity index (χ0n) is 13.5. The van der Waals surface area contributed by atoms with Crippen LogP contribution in [0.5, 0.6) is 0 Å². The van der Waals surface area contributed by atoms with Crippen LogP contribution in [0.1, 0.15) is 0 Å². The number of rotatable bonds is 3. The van der Waals surface area contributed by atoms with Crippen LogP contribution in [0.25, 0.3) is 22.5 Å². The van der Waals surface area contributed by atoms with Gasteiger partial charge in [-0.05, 0) is 18.2 Å². The molecule has 0 spiro atoms. The van der Waals surface area contributed by atoms with Crippen LogP contribution in [0, 0.1) is 0 Å². The fourth-order valence-electron chi connectivity index (χ4n) is 2.63. The third-order valence-corrected chi connectivity index (χ3v) is 3.95. The van der Waals surface area contributed by atoms with Crippen molar-refractivity contribution in [2.24, 2.45) is 0 Å². The maximum Gasteiger partial charge on any atom is 0.226 e. The van der Waals surface area contributed by atoms with Crippen LogP contribution in [0.4, 0.5) is 11.9 Å². The molecule has 0 atom stereocenters. The summed E-state index contributed by atoms with van der Waals surface area (Å²) >= 11 is 0. The van der Waals surface area contributed by atoms with E-state index in [0.29, 0.717) is 19.2 Å². The molecule has 8 nitrogen and oxygen atoms in total. The largest absolute Gasteiger partial charge is 0.378 e. The Kier molecular flexibility index (Phi) is 4.17. The van der Waals surface area contributed by atoms with Crippen molar-refractivity contribution in [3.63, 3.8) is 0 Å². The van der Waals surface area contributed by atoms with E-state index in [1.54, 1.807) is 24.8 Å². The molecule has 3 aromatic heterocycles. The molecular weight excluding hydrogens is 318 g/mol. The summed E-state index contributed by atoms with van der Waals surface area (Å²) in [5, 5.41) is 0. The maximum atomic E-state index is 5.59. The normalized spacial score (nSPS) is 14.5. The van der Waals surface area contributed by atoms with Gasteiger partial charge in [-0.25, -0.2) is 19.9 Å². The van der Waals surface area contributed by atoms with E-state index in [2.05, 4.69) is 19.9 Å². The van der Waals surface area contributed by atoms with Crippen molar-refractivity contribution in [3.05, 3.63) is 43.0 Å². The first kappa shape index (κ1) is 15.4. The molecule has 0 unspecified atom stereocenters. The predicted octanol–water partition coefficient (Wildman–Crippen LogP) is 1.41. The van der Waals surface area contributed by atoms with Crippen molar-refractivity contribution < 1.29 is 4.74 Å². The lowest BCUT2D eigenvalue weighted by Crippen LogP contribution is -2.37. The summed E-state index contributed by atoms with van der Waals surface area (Å²) in [5.41, 5.74) is 8.94. The number of hydrogen-bond donors (Lipinski definition) is 1. The number of nitrogens with zero attached hydrogens (tertiary/aromatic N) is 6. The molecular formula is C17H17N7O. The minimum Gasteiger partial charge on any atom is -0.378 e. The number of pyridine rings is 1. The molecule has 0 saturated carbocycles. The fraction of sp³-hybridized carbons (Fsp3) is 0.235. The van der Waals surface area contributed by atoms with Crippen LogP contribution in [0.15, 0.2) is 43.0 Å². The highest BCUT2D eigenvalue weighted by molar-refractivity contribution is 5.68. The van der Waals surface area contributed by atoms with Gasteiger partial charge in [-0.1, -0.05) is 0 Å². The van der Waals surface area contributed by atoms with Crippen molar-refractivity contribution in [1.29, 1.82) is 0 Å². The van der Waals surface area contributed by atoms with E-state index in [4.69, 9.17) is 20.4 Å². The summed E-state index contributed by atoms with van der Waals surface area (Å²) in [5.74, 6) is 0.907. The van der Waals surface area contributed by atoms with E-state index in [9.17, 15) is 0 Å². The van der Waals surface area contributed by atoms with Gasteiger partial charge in [0.05, 0.1) is 24.6 Å². The van der Waals surface area contributed by atoms with Crippen LogP contribution in [-0.4, -0.2) is 51.2 Å². The first-order valence-corrected chi connectivity index (χ1v) is 8.00. The highest BCUT2D eigenvalue weighted by Gasteiger charge is 2.17. The molecule has 8 heteroatoms. The van der Waals surface area contributed by atoms with E-state index in [1.807, 2.05) is 18.2 Å². The van der Waals surface area contributed by atoms with Gasteiger partial charge in [-0.15, -0.1) is 0 Å². The van der Waals surface area contributed by atoms with E-state index < -0.39 is 0 Å². The smallest absolute Gasteiger partial charge is 0.226 e. The Morgan fingerprint density at radius 2 is 1.56 bits per heavy atom. The van der Waals surface area contributed by atoms with Gasteiger partial charge in [-0.2, -0.15) is 0 Å². The van der Waals surface area contributed by atoms with E-state index in [0.717, 1.165) is 35.6 Å². The molecule has 0 bridgehead atoms. The van der Waals surface area contributed by atoms with Gasteiger partial charge in [-0.3, -0.25) is 4.98 Å². The standard InChI is InChI=1S/C17H17N7O/c18-16-20-10-13(11-21-16)15-9-14(12-1-3-19-4-2-12)22-17(23-15)24-5-7-25-8-6-24/h1-4,9-11H,5-8H2,(H2,18,20,21). The number of hydrogen-bond acceptors (Lipinski definition) is 8. The quantitative estimate of drug-likeness (QED) is 0.766. The molecule has 1 aliphatic rings. The van der Waals surface area contributed by atoms with Gasteiger partial charge >= 0.3 is 0 Å². The summed E-state index contributed by atoms with van der Waals surface area (Å²) in [6, 6.07) is 5.78. The van der Waals surface area contributed by atoms with E-state index in [-0.39, 0.29) is 5.95 Å². The third kappa shape index (κ3) is 3.38. The summed E-state index contributed by atoms with van der Waals surface area (Å²) in [6.45, 7) is 2.86. The Bertz CT molecular complexity index is 849. The van der Waals surface area contributed by atoms with Crippen LogP contribution in [0.2, 0.25) is 0 Å². The predicted molar refractivity (Wildman–Crippen MR) is 93.7 cm³/mol. The van der Waals surface area contributed by atoms with Gasteiger partial charge in [0.1, 0.15) is 0 Å². The average molecular weight is 335 g/mol. The molecule has 4 rings (SSSR count). The van der Waals surface area contributed by atoms with Gasteiger partial charge in [0.15, 0.2) is 0 Å². The molecule has 0 radical (unpaired) electrons. The summed E-state index contributed by atoms with van der Waals surface area (Å²) in [4.78, 5) is 23.8. The molecule has 1 aliphatic heterocycles. The first-order valence-electron chi connectivity index (χ1n) is 8.00. The van der Waals surface area contributed by atoms with Gasteiger partial charge in [0, 0.05) is 49.0 Å². The Balaban J connectivity index is 1.81. The van der Waals surface area contributed by atoms with Crippen LogP contribution >= 0.6 is 0 Å². The lowest BCUT2D eigenvalue weighted by Gasteiger charge is -2.27. The van der Waals surface area contributed by atoms with Gasteiger partial charge in [0.2, 0.25) is 11.9 Å². The van der Waals surface area contributed by atoms with Crippen LogP contribution in [-0.2, 0) is 4.74 Å². The van der Waals surface area contributed by atoms with E-state index >= 15 is 0 Å². The van der Waals surface area contributed by atoms with Gasteiger partial charge in [0.25, 0.3) is 0 Å². The van der Waals surface area contributed by atoms with Crippen molar-refractivity contribution in [1.82, 2.24) is 24.9 Å². The molecule has 0 aromatic carbocycles. The minimum absolute atomic E-state index is 0.237. The monoisotopic (exact) mass is 335 g/mol. The van der Waals surface area contributed by atoms with Crippen LogP contribution in [0.3, 0.4) is 0 Å². The Morgan fingerprint density at radius 1 is 0.920 bits per heavy atom. The molecule has 25 heavy (non-hydrogen) atoms. The van der Waals surface area contributed by atoms with Crippen molar-refractivity contribution in [2.75, 3.05) is 36.9 Å². The summed E-state index contributed by atoms with van der Waals surface area (Å²) in [7, 11) is 0. The number of ether oxygens (including phenoxy) is 1. The zero-order valence-corrected chi connectivity index (χ0v) is 13.5. The number of aromatic nitrogens is 5. The fourth-order valence-corrected chi connectivity index (χ4v) is 2.63. The molecule has 3 aromatic rings. The second-order valence-corrected chi connectivity index (χ2v) is 5.60. The second-order valence-electron chi connectivity index (χ2n) is 5.60. The summed E-state index contributed by atoms with van der Waals surface area (Å²) < 4.78 is 5.42. The zero-order chi connectivity index (χ0) is 17.1. The highest BCUT2D eigenvalue weighted by atomic mass is 16.5. The van der Waals surface area contributed by atoms with Crippen molar-refractivity contribution in [3.8, 4) is 22.5 Å².